The third-order valence-electron chi connectivity index (χ3n) is 5.43. The van der Waals surface area contributed by atoms with Crippen LogP contribution < -0.4 is 0 Å². The third kappa shape index (κ3) is 2.02. The third-order valence-corrected chi connectivity index (χ3v) is 5.70. The van der Waals surface area contributed by atoms with Gasteiger partial charge in [0.2, 0.25) is 16.9 Å². The Hall–Kier alpha value is -3.04. The summed E-state index contributed by atoms with van der Waals surface area (Å²) in [6, 6.07) is 7.75. The van der Waals surface area contributed by atoms with Gasteiger partial charge < -0.3 is 9.63 Å². The Morgan fingerprint density at radius 2 is 1.93 bits per heavy atom. The van der Waals surface area contributed by atoms with Crippen molar-refractivity contribution in [2.75, 3.05) is 0 Å². The maximum atomic E-state index is 10.7. The number of aromatic nitrogens is 7. The van der Waals surface area contributed by atoms with E-state index < -0.39 is 5.60 Å². The topological polar surface area (TPSA) is 107 Å². The molecule has 5 aromatic rings. The fraction of sp³-hybridized carbons (Fsp3) is 0.278. The maximum absolute atomic E-state index is 10.7. The predicted molar refractivity (Wildman–Crippen MR) is 99.9 cm³/mol. The highest BCUT2D eigenvalue weighted by molar-refractivity contribution is 6.29. The van der Waals surface area contributed by atoms with Crippen LogP contribution in [0.3, 0.4) is 0 Å². The molecule has 0 spiro atoms. The van der Waals surface area contributed by atoms with Crippen LogP contribution in [0.1, 0.15) is 31.6 Å². The molecule has 0 aliphatic heterocycles. The zero-order chi connectivity index (χ0) is 18.9. The van der Waals surface area contributed by atoms with Gasteiger partial charge in [-0.15, -0.1) is 10.2 Å². The number of hydrogen-bond acceptors (Lipinski definition) is 7. The van der Waals surface area contributed by atoms with Crippen molar-refractivity contribution in [3.63, 3.8) is 0 Å². The fourth-order valence-electron chi connectivity index (χ4n) is 4.06. The van der Waals surface area contributed by atoms with Gasteiger partial charge in [-0.3, -0.25) is 8.80 Å². The molecular weight excluding hydrogens is 382 g/mol. The van der Waals surface area contributed by atoms with Crippen molar-refractivity contribution in [2.45, 2.75) is 31.3 Å². The predicted octanol–water partition coefficient (Wildman–Crippen LogP) is 3.00. The smallest absolute Gasteiger partial charge is 0.259 e. The highest BCUT2D eigenvalue weighted by Crippen LogP contribution is 2.38. The summed E-state index contributed by atoms with van der Waals surface area (Å²) in [7, 11) is 0. The van der Waals surface area contributed by atoms with Crippen LogP contribution in [0, 0.1) is 0 Å². The minimum absolute atomic E-state index is 0.222. The molecule has 0 radical (unpaired) electrons. The molecule has 0 amide bonds. The van der Waals surface area contributed by atoms with E-state index >= 15 is 0 Å². The van der Waals surface area contributed by atoms with Gasteiger partial charge in [0, 0.05) is 5.39 Å². The lowest BCUT2D eigenvalue weighted by Crippen LogP contribution is -2.21. The number of para-hydroxylation sites is 1. The quantitative estimate of drug-likeness (QED) is 0.489. The molecule has 140 valence electrons. The highest BCUT2D eigenvalue weighted by atomic mass is 35.5. The number of halogens is 1. The van der Waals surface area contributed by atoms with Gasteiger partial charge in [0.05, 0.1) is 11.7 Å². The first-order valence-electron chi connectivity index (χ1n) is 9.01. The highest BCUT2D eigenvalue weighted by Gasteiger charge is 2.39. The van der Waals surface area contributed by atoms with E-state index in [1.54, 1.807) is 10.6 Å². The van der Waals surface area contributed by atoms with Gasteiger partial charge in [-0.05, 0) is 49.4 Å². The van der Waals surface area contributed by atoms with Gasteiger partial charge in [-0.2, -0.15) is 4.98 Å². The van der Waals surface area contributed by atoms with Crippen molar-refractivity contribution >= 4 is 33.8 Å². The molecule has 0 saturated heterocycles. The summed E-state index contributed by atoms with van der Waals surface area (Å²) < 4.78 is 9.01. The molecule has 6 rings (SSSR count). The second kappa shape index (κ2) is 5.49. The van der Waals surface area contributed by atoms with Gasteiger partial charge >= 0.3 is 0 Å². The number of benzene rings is 1. The van der Waals surface area contributed by atoms with E-state index in [0.717, 1.165) is 23.7 Å². The Balaban J connectivity index is 1.65. The van der Waals surface area contributed by atoms with Crippen LogP contribution in [-0.4, -0.2) is 39.2 Å². The lowest BCUT2D eigenvalue weighted by atomic mass is 10.0. The molecule has 1 N–H and O–H groups in total. The number of nitrogens with zero attached hydrogens (tertiary/aromatic N) is 7. The fourth-order valence-corrected chi connectivity index (χ4v) is 4.28. The van der Waals surface area contributed by atoms with E-state index in [2.05, 4.69) is 25.3 Å². The van der Waals surface area contributed by atoms with Gasteiger partial charge in [-0.1, -0.05) is 17.3 Å². The first-order chi connectivity index (χ1) is 13.7. The molecule has 0 atom stereocenters. The van der Waals surface area contributed by atoms with E-state index in [-0.39, 0.29) is 11.7 Å². The molecule has 10 heteroatoms. The Labute approximate surface area is 162 Å². The molecule has 4 heterocycles. The van der Waals surface area contributed by atoms with E-state index in [1.807, 2.05) is 28.7 Å². The van der Waals surface area contributed by atoms with Crippen molar-refractivity contribution in [3.05, 3.63) is 41.6 Å². The van der Waals surface area contributed by atoms with Crippen LogP contribution in [0.15, 0.2) is 35.0 Å². The Morgan fingerprint density at radius 3 is 2.79 bits per heavy atom. The van der Waals surface area contributed by atoms with Gasteiger partial charge in [0.25, 0.3) is 5.89 Å². The summed E-state index contributed by atoms with van der Waals surface area (Å²) in [5, 5.41) is 24.6. The number of aliphatic hydroxyl groups is 1. The number of fused-ring (bicyclic) bond motifs is 6. The normalized spacial score (nSPS) is 16.6. The monoisotopic (exact) mass is 395 g/mol. The first-order valence-corrected chi connectivity index (χ1v) is 9.39. The van der Waals surface area contributed by atoms with E-state index in [0.29, 0.717) is 35.2 Å². The average Bonchev–Trinajstić information content (AvgIpc) is 3.47. The van der Waals surface area contributed by atoms with Crippen molar-refractivity contribution in [2.24, 2.45) is 0 Å². The van der Waals surface area contributed by atoms with Crippen LogP contribution in [0.4, 0.5) is 0 Å². The molecule has 0 bridgehead atoms. The summed E-state index contributed by atoms with van der Waals surface area (Å²) in [5.74, 6) is 0.886. The SMILES string of the molecule is OC1(c2nc(-c3nnc4c5ccccc5n5c(Cl)ncc5n34)no2)CCCC1. The molecule has 1 aromatic carbocycles. The Morgan fingerprint density at radius 1 is 1.11 bits per heavy atom. The second-order valence-corrected chi connectivity index (χ2v) is 7.42. The van der Waals surface area contributed by atoms with Gasteiger partial charge in [-0.25, -0.2) is 4.98 Å². The minimum atomic E-state index is -1.06. The summed E-state index contributed by atoms with van der Waals surface area (Å²) >= 11 is 6.34. The molecule has 28 heavy (non-hydrogen) atoms. The number of imidazole rings is 1. The Bertz CT molecular complexity index is 1360. The maximum Gasteiger partial charge on any atom is 0.259 e. The summed E-state index contributed by atoms with van der Waals surface area (Å²) in [6.07, 6.45) is 4.75. The van der Waals surface area contributed by atoms with E-state index in [1.165, 1.54) is 0 Å². The van der Waals surface area contributed by atoms with Crippen LogP contribution >= 0.6 is 11.6 Å². The first kappa shape index (κ1) is 16.0. The molecule has 1 saturated carbocycles. The molecule has 0 unspecified atom stereocenters. The second-order valence-electron chi connectivity index (χ2n) is 7.08. The van der Waals surface area contributed by atoms with Crippen molar-refractivity contribution in [1.82, 2.24) is 34.1 Å². The summed E-state index contributed by atoms with van der Waals surface area (Å²) in [6.45, 7) is 0. The average molecular weight is 396 g/mol. The van der Waals surface area contributed by atoms with Crippen LogP contribution in [0.5, 0.6) is 0 Å². The Kier molecular flexibility index (Phi) is 3.13. The van der Waals surface area contributed by atoms with Crippen LogP contribution in [-0.2, 0) is 5.60 Å². The van der Waals surface area contributed by atoms with Crippen molar-refractivity contribution in [3.8, 4) is 11.6 Å². The molecule has 1 fully saturated rings. The van der Waals surface area contributed by atoms with Gasteiger partial charge in [0.15, 0.2) is 5.65 Å². The van der Waals surface area contributed by atoms with Crippen molar-refractivity contribution < 1.29 is 9.63 Å². The standard InChI is InChI=1S/C18H14ClN7O2/c19-17-20-9-12-25(17)11-6-2-1-5-10(11)14-22-23-15(26(12)14)13-21-16(28-24-13)18(27)7-3-4-8-18/h1-2,5-6,9,27H,3-4,7-8H2. The molecule has 1 aliphatic rings. The molecule has 9 nitrogen and oxygen atoms in total. The number of hydrogen-bond donors (Lipinski definition) is 1. The zero-order valence-electron chi connectivity index (χ0n) is 14.6. The largest absolute Gasteiger partial charge is 0.380 e. The van der Waals surface area contributed by atoms with E-state index in [9.17, 15) is 5.11 Å². The minimum Gasteiger partial charge on any atom is -0.380 e. The summed E-state index contributed by atoms with van der Waals surface area (Å²) in [4.78, 5) is 8.67. The van der Waals surface area contributed by atoms with Crippen LogP contribution in [0.2, 0.25) is 5.28 Å². The molecular formula is C18H14ClN7O2. The van der Waals surface area contributed by atoms with Gasteiger partial charge in [0.1, 0.15) is 11.2 Å². The molecule has 1 aliphatic carbocycles. The zero-order valence-corrected chi connectivity index (χ0v) is 15.3. The number of rotatable bonds is 2. The lowest BCUT2D eigenvalue weighted by Gasteiger charge is -2.15. The summed E-state index contributed by atoms with van der Waals surface area (Å²) in [5.41, 5.74) is 1.14. The van der Waals surface area contributed by atoms with Crippen LogP contribution in [0.25, 0.3) is 33.8 Å². The molecule has 4 aromatic heterocycles. The van der Waals surface area contributed by atoms with Crippen molar-refractivity contribution in [1.29, 1.82) is 0 Å². The van der Waals surface area contributed by atoms with E-state index in [4.69, 9.17) is 16.1 Å². The lowest BCUT2D eigenvalue weighted by molar-refractivity contribution is 0.0112.